The molecule has 1 aliphatic carbocycles. The first kappa shape index (κ1) is 21.8. The third-order valence-corrected chi connectivity index (χ3v) is 4.79. The van der Waals surface area contributed by atoms with Gasteiger partial charge in [-0.15, -0.1) is 13.2 Å². The van der Waals surface area contributed by atoms with Gasteiger partial charge < -0.3 is 15.8 Å². The number of nitrogens with one attached hydrogen (secondary N) is 1. The standard InChI is InChI=1S/C19H26F3N3O3/c20-19(21,22)28-16-8-4-7-15(13-16)24-11-12-25(18(23)27)17(26)10-9-14-5-2-1-3-6-14/h4,7-8,13-14,24H,1-3,5-6,9-12H2,(H2,23,27). The van der Waals surface area contributed by atoms with Crippen LogP contribution in [0, 0.1) is 5.92 Å². The van der Waals surface area contributed by atoms with Crippen LogP contribution in [0.2, 0.25) is 0 Å². The molecule has 1 saturated carbocycles. The quantitative estimate of drug-likeness (QED) is 0.681. The molecule has 3 amide bonds. The predicted molar refractivity (Wildman–Crippen MR) is 98.7 cm³/mol. The second-order valence-electron chi connectivity index (χ2n) is 6.93. The largest absolute Gasteiger partial charge is 0.573 e. The Bertz CT molecular complexity index is 661. The van der Waals surface area contributed by atoms with Crippen LogP contribution in [0.15, 0.2) is 24.3 Å². The number of hydrogen-bond donors (Lipinski definition) is 2. The molecular formula is C19H26F3N3O3. The first-order valence-electron chi connectivity index (χ1n) is 9.44. The van der Waals surface area contributed by atoms with Crippen molar-refractivity contribution in [2.75, 3.05) is 18.4 Å². The molecule has 3 N–H and O–H groups in total. The summed E-state index contributed by atoms with van der Waals surface area (Å²) in [4.78, 5) is 24.9. The van der Waals surface area contributed by atoms with E-state index in [2.05, 4.69) is 10.1 Å². The molecule has 0 aromatic heterocycles. The number of nitrogens with two attached hydrogens (primary N) is 1. The molecule has 0 heterocycles. The van der Waals surface area contributed by atoms with Crippen molar-refractivity contribution >= 4 is 17.6 Å². The molecule has 28 heavy (non-hydrogen) atoms. The highest BCUT2D eigenvalue weighted by Gasteiger charge is 2.31. The van der Waals surface area contributed by atoms with Gasteiger partial charge in [0.1, 0.15) is 5.75 Å². The Balaban J connectivity index is 1.81. The topological polar surface area (TPSA) is 84.7 Å². The van der Waals surface area contributed by atoms with Crippen LogP contribution in [0.3, 0.4) is 0 Å². The van der Waals surface area contributed by atoms with Crippen LogP contribution in [0.25, 0.3) is 0 Å². The highest BCUT2D eigenvalue weighted by atomic mass is 19.4. The number of halogens is 3. The molecule has 1 aromatic rings. The van der Waals surface area contributed by atoms with E-state index >= 15 is 0 Å². The Morgan fingerprint density at radius 1 is 1.21 bits per heavy atom. The van der Waals surface area contributed by atoms with E-state index in [1.54, 1.807) is 6.07 Å². The summed E-state index contributed by atoms with van der Waals surface area (Å²) in [7, 11) is 0. The number of carbonyl (C=O) groups excluding carboxylic acids is 2. The maximum atomic E-state index is 12.3. The molecule has 2 rings (SSSR count). The van der Waals surface area contributed by atoms with E-state index in [0.29, 0.717) is 11.6 Å². The van der Waals surface area contributed by atoms with Crippen LogP contribution in [0.5, 0.6) is 5.75 Å². The molecule has 0 radical (unpaired) electrons. The third kappa shape index (κ3) is 7.66. The molecule has 156 valence electrons. The summed E-state index contributed by atoms with van der Waals surface area (Å²) < 4.78 is 40.7. The Labute approximate surface area is 162 Å². The van der Waals surface area contributed by atoms with Gasteiger partial charge in [-0.1, -0.05) is 38.2 Å². The minimum absolute atomic E-state index is 0.0309. The lowest BCUT2D eigenvalue weighted by Crippen LogP contribution is -2.43. The van der Waals surface area contributed by atoms with Gasteiger partial charge in [0.05, 0.1) is 0 Å². The number of hydrogen-bond acceptors (Lipinski definition) is 4. The number of carbonyl (C=O) groups is 2. The number of anilines is 1. The average Bonchev–Trinajstić information content (AvgIpc) is 2.63. The van der Waals surface area contributed by atoms with Crippen LogP contribution in [0.1, 0.15) is 44.9 Å². The van der Waals surface area contributed by atoms with Crippen molar-refractivity contribution in [2.24, 2.45) is 11.7 Å². The Morgan fingerprint density at radius 2 is 1.93 bits per heavy atom. The molecule has 1 fully saturated rings. The van der Waals surface area contributed by atoms with Gasteiger partial charge in [0.2, 0.25) is 5.91 Å². The van der Waals surface area contributed by atoms with Gasteiger partial charge in [-0.25, -0.2) is 4.79 Å². The number of urea groups is 1. The molecule has 0 spiro atoms. The fourth-order valence-corrected chi connectivity index (χ4v) is 3.41. The van der Waals surface area contributed by atoms with Gasteiger partial charge in [0.25, 0.3) is 0 Å². The van der Waals surface area contributed by atoms with Crippen molar-refractivity contribution in [3.05, 3.63) is 24.3 Å². The van der Waals surface area contributed by atoms with Gasteiger partial charge in [-0.3, -0.25) is 9.69 Å². The summed E-state index contributed by atoms with van der Waals surface area (Å²) in [6, 6.07) is 4.51. The van der Waals surface area contributed by atoms with E-state index in [-0.39, 0.29) is 31.2 Å². The van der Waals surface area contributed by atoms with Crippen molar-refractivity contribution in [2.45, 2.75) is 51.3 Å². The van der Waals surface area contributed by atoms with Gasteiger partial charge in [0.15, 0.2) is 0 Å². The van der Waals surface area contributed by atoms with E-state index in [1.165, 1.54) is 37.5 Å². The highest BCUT2D eigenvalue weighted by molar-refractivity contribution is 5.93. The van der Waals surface area contributed by atoms with Crippen molar-refractivity contribution in [1.82, 2.24) is 4.90 Å². The SMILES string of the molecule is NC(=O)N(CCNc1cccc(OC(F)(F)F)c1)C(=O)CCC1CCCCC1. The molecule has 6 nitrogen and oxygen atoms in total. The predicted octanol–water partition coefficient (Wildman–Crippen LogP) is 4.26. The molecule has 1 aliphatic rings. The van der Waals surface area contributed by atoms with Crippen molar-refractivity contribution in [3.63, 3.8) is 0 Å². The smallest absolute Gasteiger partial charge is 0.406 e. The van der Waals surface area contributed by atoms with Crippen LogP contribution in [0.4, 0.5) is 23.7 Å². The first-order valence-corrected chi connectivity index (χ1v) is 9.44. The zero-order chi connectivity index (χ0) is 20.6. The lowest BCUT2D eigenvalue weighted by atomic mass is 9.86. The maximum absolute atomic E-state index is 12.3. The molecule has 0 atom stereocenters. The van der Waals surface area contributed by atoms with Gasteiger partial charge in [0, 0.05) is 31.3 Å². The second-order valence-corrected chi connectivity index (χ2v) is 6.93. The van der Waals surface area contributed by atoms with E-state index in [0.717, 1.165) is 24.2 Å². The molecule has 0 bridgehead atoms. The number of imide groups is 1. The molecule has 0 aliphatic heterocycles. The number of rotatable bonds is 8. The minimum Gasteiger partial charge on any atom is -0.406 e. The Morgan fingerprint density at radius 3 is 2.57 bits per heavy atom. The van der Waals surface area contributed by atoms with E-state index in [4.69, 9.17) is 5.73 Å². The lowest BCUT2D eigenvalue weighted by Gasteiger charge is -2.23. The summed E-state index contributed by atoms with van der Waals surface area (Å²) in [5, 5.41) is 2.87. The molecule has 0 unspecified atom stereocenters. The van der Waals surface area contributed by atoms with E-state index < -0.39 is 12.4 Å². The van der Waals surface area contributed by atoms with Gasteiger partial charge in [-0.2, -0.15) is 0 Å². The zero-order valence-corrected chi connectivity index (χ0v) is 15.6. The third-order valence-electron chi connectivity index (χ3n) is 4.79. The normalized spacial score (nSPS) is 15.1. The monoisotopic (exact) mass is 401 g/mol. The number of nitrogens with zero attached hydrogens (tertiary/aromatic N) is 1. The number of primary amides is 1. The number of ether oxygens (including phenoxy) is 1. The fourth-order valence-electron chi connectivity index (χ4n) is 3.41. The molecule has 9 heteroatoms. The van der Waals surface area contributed by atoms with Crippen molar-refractivity contribution < 1.29 is 27.5 Å². The van der Waals surface area contributed by atoms with Crippen LogP contribution in [-0.4, -0.2) is 36.3 Å². The van der Waals surface area contributed by atoms with Crippen molar-refractivity contribution in [1.29, 1.82) is 0 Å². The zero-order valence-electron chi connectivity index (χ0n) is 15.6. The molecule has 1 aromatic carbocycles. The summed E-state index contributed by atoms with van der Waals surface area (Å²) in [5.41, 5.74) is 5.69. The molecular weight excluding hydrogens is 375 g/mol. The van der Waals surface area contributed by atoms with Crippen LogP contribution in [-0.2, 0) is 4.79 Å². The lowest BCUT2D eigenvalue weighted by molar-refractivity contribution is -0.274. The van der Waals surface area contributed by atoms with Gasteiger partial charge in [-0.05, 0) is 24.5 Å². The first-order chi connectivity index (χ1) is 13.2. The van der Waals surface area contributed by atoms with E-state index in [9.17, 15) is 22.8 Å². The van der Waals surface area contributed by atoms with Crippen LogP contribution >= 0.6 is 0 Å². The summed E-state index contributed by atoms with van der Waals surface area (Å²) in [6.45, 7) is 0.191. The highest BCUT2D eigenvalue weighted by Crippen LogP contribution is 2.27. The Kier molecular flexibility index (Phi) is 7.95. The number of alkyl halides is 3. The van der Waals surface area contributed by atoms with Crippen molar-refractivity contribution in [3.8, 4) is 5.75 Å². The maximum Gasteiger partial charge on any atom is 0.573 e. The average molecular weight is 401 g/mol. The van der Waals surface area contributed by atoms with Crippen LogP contribution < -0.4 is 15.8 Å². The number of amides is 3. The van der Waals surface area contributed by atoms with E-state index in [1.807, 2.05) is 0 Å². The summed E-state index contributed by atoms with van der Waals surface area (Å²) >= 11 is 0. The second kappa shape index (κ2) is 10.2. The Hall–Kier alpha value is -2.45. The summed E-state index contributed by atoms with van der Waals surface area (Å²) in [6.07, 6.45) is 2.06. The minimum atomic E-state index is -4.77. The van der Waals surface area contributed by atoms with Gasteiger partial charge >= 0.3 is 12.4 Å². The fraction of sp³-hybridized carbons (Fsp3) is 0.579. The number of benzene rings is 1. The summed E-state index contributed by atoms with van der Waals surface area (Å²) in [5.74, 6) is -0.163. The molecule has 0 saturated heterocycles.